The molecule has 0 radical (unpaired) electrons. The molecule has 7 heteroatoms. The van der Waals surface area contributed by atoms with E-state index in [4.69, 9.17) is 14.2 Å². The predicted molar refractivity (Wildman–Crippen MR) is 119 cm³/mol. The Bertz CT molecular complexity index is 1140. The van der Waals surface area contributed by atoms with E-state index in [0.717, 1.165) is 21.2 Å². The number of ether oxygens (including phenoxy) is 3. The summed E-state index contributed by atoms with van der Waals surface area (Å²) >= 11 is 1.63. The van der Waals surface area contributed by atoms with E-state index >= 15 is 0 Å². The topological polar surface area (TPSA) is 65.1 Å². The minimum absolute atomic E-state index is 0.0252. The monoisotopic (exact) mass is 435 g/mol. The third-order valence-electron chi connectivity index (χ3n) is 5.01. The molecule has 0 spiro atoms. The summed E-state index contributed by atoms with van der Waals surface area (Å²) in [5, 5.41) is 0. The Morgan fingerprint density at radius 2 is 1.61 bits per heavy atom. The first-order valence-electron chi connectivity index (χ1n) is 9.57. The van der Waals surface area contributed by atoms with E-state index in [-0.39, 0.29) is 12.6 Å². The Kier molecular flexibility index (Phi) is 5.97. The van der Waals surface area contributed by atoms with Gasteiger partial charge in [0.15, 0.2) is 12.6 Å². The van der Waals surface area contributed by atoms with Gasteiger partial charge in [0.1, 0.15) is 5.75 Å². The van der Waals surface area contributed by atoms with Gasteiger partial charge in [0.25, 0.3) is 0 Å². The van der Waals surface area contributed by atoms with Crippen molar-refractivity contribution in [1.82, 2.24) is 0 Å². The minimum Gasteiger partial charge on any atom is -0.467 e. The quantitative estimate of drug-likeness (QED) is 0.309. The van der Waals surface area contributed by atoms with Crippen LogP contribution in [0.5, 0.6) is 5.75 Å². The van der Waals surface area contributed by atoms with Crippen LogP contribution in [-0.2, 0) is 9.47 Å². The maximum Gasteiger partial charge on any atom is 0.337 e. The Balaban J connectivity index is 1.75. The molecule has 6 nitrogen and oxygen atoms in total. The molecule has 0 fully saturated rings. The van der Waals surface area contributed by atoms with Gasteiger partial charge in [-0.15, -0.1) is 0 Å². The van der Waals surface area contributed by atoms with Crippen LogP contribution in [0.25, 0.3) is 0 Å². The molecule has 1 heterocycles. The maximum atomic E-state index is 13.4. The van der Waals surface area contributed by atoms with Gasteiger partial charge in [-0.05, 0) is 36.4 Å². The average molecular weight is 436 g/mol. The van der Waals surface area contributed by atoms with Crippen molar-refractivity contribution >= 4 is 34.9 Å². The highest BCUT2D eigenvalue weighted by atomic mass is 32.2. The fourth-order valence-corrected chi connectivity index (χ4v) is 4.57. The number of esters is 1. The standard InChI is InChI=1S/C24H21NO5S/c1-25-18-6-4-5-7-21(18)31-22-13-20(30-14-28-2)17(12-19(22)25)23(26)15-8-10-16(11-9-15)24(27)29-3/h4-13H,14H2,1-3H3. The first-order valence-corrected chi connectivity index (χ1v) is 10.4. The van der Waals surface area contributed by atoms with Crippen molar-refractivity contribution in [2.24, 2.45) is 0 Å². The first-order chi connectivity index (χ1) is 15.0. The molecule has 0 atom stereocenters. The molecule has 0 saturated heterocycles. The van der Waals surface area contributed by atoms with Gasteiger partial charge in [0.05, 0.1) is 29.6 Å². The van der Waals surface area contributed by atoms with Crippen LogP contribution in [0.4, 0.5) is 11.4 Å². The van der Waals surface area contributed by atoms with Gasteiger partial charge in [-0.2, -0.15) is 0 Å². The molecule has 0 aliphatic carbocycles. The third kappa shape index (κ3) is 4.02. The Labute approximate surface area is 184 Å². The number of para-hydroxylation sites is 1. The first kappa shape index (κ1) is 21.0. The summed E-state index contributed by atoms with van der Waals surface area (Å²) in [5.74, 6) is -0.209. The Morgan fingerprint density at radius 1 is 0.903 bits per heavy atom. The van der Waals surface area contributed by atoms with E-state index in [0.29, 0.717) is 22.4 Å². The van der Waals surface area contributed by atoms with Crippen molar-refractivity contribution in [3.8, 4) is 5.75 Å². The number of rotatable bonds is 6. The van der Waals surface area contributed by atoms with Gasteiger partial charge >= 0.3 is 5.97 Å². The summed E-state index contributed by atoms with van der Waals surface area (Å²) < 4.78 is 15.5. The number of hydrogen-bond acceptors (Lipinski definition) is 7. The zero-order valence-electron chi connectivity index (χ0n) is 17.4. The van der Waals surface area contributed by atoms with E-state index in [1.165, 1.54) is 14.2 Å². The summed E-state index contributed by atoms with van der Waals surface area (Å²) in [6, 6.07) is 18.2. The largest absolute Gasteiger partial charge is 0.467 e. The van der Waals surface area contributed by atoms with Gasteiger partial charge in [-0.1, -0.05) is 36.0 Å². The number of nitrogens with zero attached hydrogens (tertiary/aromatic N) is 1. The number of methoxy groups -OCH3 is 2. The van der Waals surface area contributed by atoms with Gasteiger partial charge in [-0.3, -0.25) is 4.79 Å². The van der Waals surface area contributed by atoms with Crippen molar-refractivity contribution < 1.29 is 23.8 Å². The molecule has 3 aromatic carbocycles. The number of benzene rings is 3. The molecule has 0 N–H and O–H groups in total. The van der Waals surface area contributed by atoms with Crippen LogP contribution in [0.2, 0.25) is 0 Å². The molecule has 0 unspecified atom stereocenters. The van der Waals surface area contributed by atoms with Crippen LogP contribution < -0.4 is 9.64 Å². The summed E-state index contributed by atoms with van der Waals surface area (Å²) in [5.41, 5.74) is 3.25. The molecule has 31 heavy (non-hydrogen) atoms. The van der Waals surface area contributed by atoms with E-state index in [1.807, 2.05) is 37.4 Å². The smallest absolute Gasteiger partial charge is 0.337 e. The number of carbonyl (C=O) groups is 2. The molecule has 0 amide bonds. The third-order valence-corrected chi connectivity index (χ3v) is 6.13. The lowest BCUT2D eigenvalue weighted by Gasteiger charge is -2.30. The normalized spacial score (nSPS) is 12.0. The molecule has 3 aromatic rings. The lowest BCUT2D eigenvalue weighted by atomic mass is 10.00. The van der Waals surface area contributed by atoms with Crippen molar-refractivity contribution in [2.75, 3.05) is 33.0 Å². The molecule has 158 valence electrons. The SMILES string of the molecule is COCOc1cc2c(cc1C(=O)c1ccc(C(=O)OC)cc1)N(C)c1ccccc1S2. The minimum atomic E-state index is -0.450. The number of anilines is 2. The predicted octanol–water partition coefficient (Wildman–Crippen LogP) is 4.92. The van der Waals surface area contributed by atoms with Crippen LogP contribution in [0, 0.1) is 0 Å². The number of fused-ring (bicyclic) bond motifs is 2. The molecule has 0 bridgehead atoms. The maximum absolute atomic E-state index is 13.4. The molecule has 4 rings (SSSR count). The van der Waals surface area contributed by atoms with Crippen LogP contribution in [0.15, 0.2) is 70.5 Å². The van der Waals surface area contributed by atoms with Crippen LogP contribution in [-0.4, -0.2) is 39.8 Å². The van der Waals surface area contributed by atoms with Gasteiger partial charge < -0.3 is 19.1 Å². The van der Waals surface area contributed by atoms with Gasteiger partial charge in [-0.25, -0.2) is 4.79 Å². The molecule has 0 saturated carbocycles. The zero-order valence-corrected chi connectivity index (χ0v) is 18.2. The van der Waals surface area contributed by atoms with Crippen molar-refractivity contribution in [1.29, 1.82) is 0 Å². The summed E-state index contributed by atoms with van der Waals surface area (Å²) in [4.78, 5) is 29.2. The summed E-state index contributed by atoms with van der Waals surface area (Å²) in [7, 11) is 4.83. The summed E-state index contributed by atoms with van der Waals surface area (Å²) in [6.45, 7) is 0.0252. The lowest BCUT2D eigenvalue weighted by Crippen LogP contribution is -2.16. The van der Waals surface area contributed by atoms with E-state index in [1.54, 1.807) is 36.0 Å². The van der Waals surface area contributed by atoms with E-state index in [2.05, 4.69) is 11.0 Å². The van der Waals surface area contributed by atoms with Gasteiger partial charge in [0, 0.05) is 29.5 Å². The molecule has 1 aliphatic rings. The van der Waals surface area contributed by atoms with Gasteiger partial charge in [0.2, 0.25) is 0 Å². The number of carbonyl (C=O) groups excluding carboxylic acids is 2. The molecule has 1 aliphatic heterocycles. The molecular weight excluding hydrogens is 414 g/mol. The Morgan fingerprint density at radius 3 is 2.32 bits per heavy atom. The number of hydrogen-bond donors (Lipinski definition) is 0. The highest BCUT2D eigenvalue weighted by molar-refractivity contribution is 7.99. The Hall–Kier alpha value is -3.29. The zero-order chi connectivity index (χ0) is 22.0. The fourth-order valence-electron chi connectivity index (χ4n) is 3.41. The second-order valence-electron chi connectivity index (χ2n) is 6.89. The van der Waals surface area contributed by atoms with Crippen LogP contribution in [0.3, 0.4) is 0 Å². The second-order valence-corrected chi connectivity index (χ2v) is 7.98. The highest BCUT2D eigenvalue weighted by Gasteiger charge is 2.25. The van der Waals surface area contributed by atoms with Crippen molar-refractivity contribution in [3.63, 3.8) is 0 Å². The second kappa shape index (κ2) is 8.83. The van der Waals surface area contributed by atoms with Crippen LogP contribution >= 0.6 is 11.8 Å². The fraction of sp³-hybridized carbons (Fsp3) is 0.167. The molecular formula is C24H21NO5S. The van der Waals surface area contributed by atoms with Crippen LogP contribution in [0.1, 0.15) is 26.3 Å². The average Bonchev–Trinajstić information content (AvgIpc) is 2.81. The lowest BCUT2D eigenvalue weighted by molar-refractivity contribution is 0.0501. The highest BCUT2D eigenvalue weighted by Crippen LogP contribution is 2.49. The van der Waals surface area contributed by atoms with Crippen molar-refractivity contribution in [3.05, 3.63) is 77.4 Å². The van der Waals surface area contributed by atoms with Crippen molar-refractivity contribution in [2.45, 2.75) is 9.79 Å². The number of ketones is 1. The molecule has 0 aromatic heterocycles. The van der Waals surface area contributed by atoms with E-state index in [9.17, 15) is 9.59 Å². The summed E-state index contributed by atoms with van der Waals surface area (Å²) in [6.07, 6.45) is 0. The van der Waals surface area contributed by atoms with E-state index < -0.39 is 5.97 Å².